The van der Waals surface area contributed by atoms with E-state index in [0.29, 0.717) is 24.7 Å². The van der Waals surface area contributed by atoms with Crippen molar-refractivity contribution >= 4 is 29.9 Å². The van der Waals surface area contributed by atoms with Gasteiger partial charge in [0.25, 0.3) is 5.91 Å². The van der Waals surface area contributed by atoms with Gasteiger partial charge in [-0.25, -0.2) is 4.39 Å². The van der Waals surface area contributed by atoms with Crippen LogP contribution in [0.4, 0.5) is 4.39 Å². The molecule has 1 amide bonds. The van der Waals surface area contributed by atoms with Gasteiger partial charge in [0, 0.05) is 24.7 Å². The molecule has 0 radical (unpaired) electrons. The monoisotopic (exact) mass is 306 g/mol. The van der Waals surface area contributed by atoms with Crippen LogP contribution in [0, 0.1) is 5.82 Å². The molecule has 1 fully saturated rings. The van der Waals surface area contributed by atoms with E-state index in [4.69, 9.17) is 11.6 Å². The Hall–Kier alpha value is -0.840. The maximum absolute atomic E-state index is 13.3. The predicted octanol–water partition coefficient (Wildman–Crippen LogP) is 2.72. The smallest absolute Gasteiger partial charge is 0.253 e. The number of rotatable bonds is 2. The highest BCUT2D eigenvalue weighted by atomic mass is 35.5. The van der Waals surface area contributed by atoms with Gasteiger partial charge in [-0.15, -0.1) is 12.4 Å². The lowest BCUT2D eigenvalue weighted by Crippen LogP contribution is -2.43. The molecule has 1 aliphatic heterocycles. The van der Waals surface area contributed by atoms with Crippen LogP contribution in [-0.4, -0.2) is 37.0 Å². The van der Waals surface area contributed by atoms with Crippen LogP contribution in [0.25, 0.3) is 0 Å². The molecule has 1 aromatic rings. The highest BCUT2D eigenvalue weighted by molar-refractivity contribution is 6.30. The summed E-state index contributed by atoms with van der Waals surface area (Å²) in [7, 11) is 1.93. The van der Waals surface area contributed by atoms with E-state index in [0.717, 1.165) is 12.8 Å². The second-order valence-electron chi connectivity index (χ2n) is 4.48. The predicted molar refractivity (Wildman–Crippen MR) is 76.6 cm³/mol. The number of halogens is 3. The number of piperidine rings is 1. The first-order valence-corrected chi connectivity index (χ1v) is 6.41. The maximum atomic E-state index is 13.3. The van der Waals surface area contributed by atoms with Gasteiger partial charge in [-0.05, 0) is 38.1 Å². The molecule has 1 N–H and O–H groups in total. The van der Waals surface area contributed by atoms with Crippen molar-refractivity contribution in [3.8, 4) is 0 Å². The Morgan fingerprint density at radius 2 is 2.05 bits per heavy atom. The summed E-state index contributed by atoms with van der Waals surface area (Å²) in [6.45, 7) is 1.41. The fraction of sp³-hybridized carbons (Fsp3) is 0.462. The highest BCUT2D eigenvalue weighted by Crippen LogP contribution is 2.18. The Bertz CT molecular complexity index is 448. The summed E-state index contributed by atoms with van der Waals surface area (Å²) < 4.78 is 13.3. The largest absolute Gasteiger partial charge is 0.339 e. The second kappa shape index (κ2) is 7.08. The summed E-state index contributed by atoms with van der Waals surface area (Å²) in [4.78, 5) is 13.9. The van der Waals surface area contributed by atoms with Crippen LogP contribution in [0.1, 0.15) is 23.2 Å². The Morgan fingerprint density at radius 3 is 2.58 bits per heavy atom. The number of carbonyl (C=O) groups is 1. The van der Waals surface area contributed by atoms with Crippen molar-refractivity contribution in [3.63, 3.8) is 0 Å². The van der Waals surface area contributed by atoms with E-state index in [1.807, 2.05) is 7.05 Å². The fourth-order valence-corrected chi connectivity index (χ4v) is 2.30. The molecule has 0 atom stereocenters. The van der Waals surface area contributed by atoms with Crippen molar-refractivity contribution in [2.75, 3.05) is 20.1 Å². The van der Waals surface area contributed by atoms with Gasteiger partial charge >= 0.3 is 0 Å². The zero-order valence-corrected chi connectivity index (χ0v) is 12.2. The molecule has 1 saturated heterocycles. The average molecular weight is 307 g/mol. The van der Waals surface area contributed by atoms with Crippen molar-refractivity contribution in [2.45, 2.75) is 18.9 Å². The van der Waals surface area contributed by atoms with Crippen LogP contribution < -0.4 is 5.32 Å². The third kappa shape index (κ3) is 3.81. The van der Waals surface area contributed by atoms with Gasteiger partial charge in [0.2, 0.25) is 0 Å². The number of hydrogen-bond acceptors (Lipinski definition) is 2. The molecule has 0 aliphatic carbocycles. The quantitative estimate of drug-likeness (QED) is 0.911. The SMILES string of the molecule is CNC1CCN(C(=O)c2ccc(Cl)c(F)c2)CC1.Cl. The minimum atomic E-state index is -0.548. The highest BCUT2D eigenvalue weighted by Gasteiger charge is 2.23. The number of likely N-dealkylation sites (tertiary alicyclic amines) is 1. The average Bonchev–Trinajstić information content (AvgIpc) is 2.41. The molecule has 1 heterocycles. The maximum Gasteiger partial charge on any atom is 0.253 e. The first kappa shape index (κ1) is 16.2. The number of hydrogen-bond donors (Lipinski definition) is 1. The number of nitrogens with one attached hydrogen (secondary N) is 1. The number of benzene rings is 1. The third-order valence-electron chi connectivity index (χ3n) is 3.36. The summed E-state index contributed by atoms with van der Waals surface area (Å²) in [5.41, 5.74) is 0.361. The van der Waals surface area contributed by atoms with Gasteiger partial charge < -0.3 is 10.2 Å². The normalized spacial score (nSPS) is 16.1. The van der Waals surface area contributed by atoms with E-state index < -0.39 is 5.82 Å². The van der Waals surface area contributed by atoms with Crippen LogP contribution in [0.2, 0.25) is 5.02 Å². The zero-order valence-electron chi connectivity index (χ0n) is 10.7. The number of nitrogens with zero attached hydrogens (tertiary/aromatic N) is 1. The molecule has 0 aromatic heterocycles. The molecule has 0 saturated carbocycles. The van der Waals surface area contributed by atoms with E-state index in [1.165, 1.54) is 12.1 Å². The fourth-order valence-electron chi connectivity index (χ4n) is 2.18. The molecule has 106 valence electrons. The Labute approximate surface area is 123 Å². The van der Waals surface area contributed by atoms with E-state index in [1.54, 1.807) is 11.0 Å². The summed E-state index contributed by atoms with van der Waals surface area (Å²) in [6, 6.07) is 4.66. The van der Waals surface area contributed by atoms with Crippen molar-refractivity contribution in [1.82, 2.24) is 10.2 Å². The molecule has 6 heteroatoms. The number of carbonyl (C=O) groups excluding carboxylic acids is 1. The van der Waals surface area contributed by atoms with Crippen molar-refractivity contribution in [3.05, 3.63) is 34.6 Å². The molecule has 2 rings (SSSR count). The van der Waals surface area contributed by atoms with Gasteiger partial charge in [0.15, 0.2) is 0 Å². The van der Waals surface area contributed by atoms with Gasteiger partial charge in [-0.1, -0.05) is 11.6 Å². The standard InChI is InChI=1S/C13H16ClFN2O.ClH/c1-16-10-4-6-17(7-5-10)13(18)9-2-3-11(14)12(15)8-9;/h2-3,8,10,16H,4-7H2,1H3;1H. The number of amides is 1. The van der Waals surface area contributed by atoms with E-state index in [2.05, 4.69) is 5.32 Å². The molecule has 1 aliphatic rings. The molecule has 3 nitrogen and oxygen atoms in total. The minimum absolute atomic E-state index is 0. The lowest BCUT2D eigenvalue weighted by Gasteiger charge is -2.31. The van der Waals surface area contributed by atoms with E-state index >= 15 is 0 Å². The Kier molecular flexibility index (Phi) is 6.04. The van der Waals surface area contributed by atoms with Crippen molar-refractivity contribution < 1.29 is 9.18 Å². The molecule has 0 bridgehead atoms. The molecule has 0 unspecified atom stereocenters. The van der Waals surface area contributed by atoms with Crippen LogP contribution >= 0.6 is 24.0 Å². The van der Waals surface area contributed by atoms with Gasteiger partial charge in [0.05, 0.1) is 5.02 Å². The second-order valence-corrected chi connectivity index (χ2v) is 4.89. The first-order valence-electron chi connectivity index (χ1n) is 6.03. The Morgan fingerprint density at radius 1 is 1.42 bits per heavy atom. The van der Waals surface area contributed by atoms with Gasteiger partial charge in [0.1, 0.15) is 5.82 Å². The molecule has 19 heavy (non-hydrogen) atoms. The Balaban J connectivity index is 0.00000180. The molecule has 1 aromatic carbocycles. The van der Waals surface area contributed by atoms with Gasteiger partial charge in [-0.2, -0.15) is 0 Å². The molecular weight excluding hydrogens is 290 g/mol. The zero-order chi connectivity index (χ0) is 13.1. The van der Waals surface area contributed by atoms with E-state index in [9.17, 15) is 9.18 Å². The summed E-state index contributed by atoms with van der Waals surface area (Å²) in [5, 5.41) is 3.25. The van der Waals surface area contributed by atoms with Crippen molar-refractivity contribution in [2.24, 2.45) is 0 Å². The molecule has 0 spiro atoms. The topological polar surface area (TPSA) is 32.3 Å². The van der Waals surface area contributed by atoms with Crippen molar-refractivity contribution in [1.29, 1.82) is 0 Å². The summed E-state index contributed by atoms with van der Waals surface area (Å²) in [6.07, 6.45) is 1.86. The summed E-state index contributed by atoms with van der Waals surface area (Å²) >= 11 is 5.60. The summed E-state index contributed by atoms with van der Waals surface area (Å²) in [5.74, 6) is -0.673. The molecular formula is C13H17Cl2FN2O. The van der Waals surface area contributed by atoms with Crippen LogP contribution in [0.15, 0.2) is 18.2 Å². The van der Waals surface area contributed by atoms with Gasteiger partial charge in [-0.3, -0.25) is 4.79 Å². The van der Waals surface area contributed by atoms with Crippen LogP contribution in [-0.2, 0) is 0 Å². The lowest BCUT2D eigenvalue weighted by atomic mass is 10.0. The lowest BCUT2D eigenvalue weighted by molar-refractivity contribution is 0.0707. The van der Waals surface area contributed by atoms with Crippen LogP contribution in [0.3, 0.4) is 0 Å². The third-order valence-corrected chi connectivity index (χ3v) is 3.66. The minimum Gasteiger partial charge on any atom is -0.339 e. The first-order chi connectivity index (χ1) is 8.61. The van der Waals surface area contributed by atoms with E-state index in [-0.39, 0.29) is 23.3 Å². The van der Waals surface area contributed by atoms with Crippen LogP contribution in [0.5, 0.6) is 0 Å².